The molecule has 2 atom stereocenters. The average molecular weight is 545 g/mol. The molecule has 1 unspecified atom stereocenters. The number of hydrogen-bond donors (Lipinski definition) is 6. The van der Waals surface area contributed by atoms with E-state index in [1.54, 1.807) is 0 Å². The smallest absolute Gasteiger partial charge is 0.239 e. The number of hydrogen-bond acceptors (Lipinski definition) is 6. The summed E-state index contributed by atoms with van der Waals surface area (Å²) < 4.78 is 5.66. The highest BCUT2D eigenvalue weighted by atomic mass is 16.5. The summed E-state index contributed by atoms with van der Waals surface area (Å²) in [4.78, 5) is 38.7. The molecule has 2 aliphatic rings. The third kappa shape index (κ3) is 9.72. The number of nitrogens with zero attached hydrogens (tertiary/aromatic N) is 1. The van der Waals surface area contributed by atoms with Crippen molar-refractivity contribution in [2.45, 2.75) is 77.0 Å². The van der Waals surface area contributed by atoms with Crippen LogP contribution >= 0.6 is 0 Å². The van der Waals surface area contributed by atoms with Crippen molar-refractivity contribution in [3.05, 3.63) is 29.8 Å². The molecule has 11 heteroatoms. The van der Waals surface area contributed by atoms with Crippen LogP contribution in [0.3, 0.4) is 0 Å². The fraction of sp³-hybridized carbons (Fsp3) is 0.643. The molecule has 2 fully saturated rings. The van der Waals surface area contributed by atoms with Crippen molar-refractivity contribution in [2.24, 2.45) is 17.6 Å². The maximum absolute atomic E-state index is 12.6. The molecule has 39 heavy (non-hydrogen) atoms. The normalized spacial score (nSPS) is 23.0. The number of nitrogens with two attached hydrogens (primary N) is 1. The fourth-order valence-electron chi connectivity index (χ4n) is 5.13. The number of nitrogens with one attached hydrogen (secondary N) is 4. The van der Waals surface area contributed by atoms with Gasteiger partial charge in [0, 0.05) is 19.0 Å². The Morgan fingerprint density at radius 1 is 1.08 bits per heavy atom. The SMILES string of the molecule is CCCCOc1ccc(CC(=O)NCC2CCC(C(=O)NCC(=O)N[C@H]3CCCN(C(=N)N)C3O)CC2)cc1. The second kappa shape index (κ2) is 15.3. The van der Waals surface area contributed by atoms with Gasteiger partial charge in [-0.25, -0.2) is 0 Å². The largest absolute Gasteiger partial charge is 0.494 e. The van der Waals surface area contributed by atoms with Crippen LogP contribution in [0.25, 0.3) is 0 Å². The number of rotatable bonds is 12. The monoisotopic (exact) mass is 544 g/mol. The molecule has 3 rings (SSSR count). The van der Waals surface area contributed by atoms with Gasteiger partial charge in [0.25, 0.3) is 0 Å². The Kier molecular flexibility index (Phi) is 11.9. The summed E-state index contributed by atoms with van der Waals surface area (Å²) in [5.41, 5.74) is 6.42. The predicted molar refractivity (Wildman–Crippen MR) is 148 cm³/mol. The molecule has 7 N–H and O–H groups in total. The fourth-order valence-corrected chi connectivity index (χ4v) is 5.13. The average Bonchev–Trinajstić information content (AvgIpc) is 2.93. The van der Waals surface area contributed by atoms with E-state index in [4.69, 9.17) is 15.9 Å². The van der Waals surface area contributed by atoms with Crippen LogP contribution in [0.15, 0.2) is 24.3 Å². The Bertz CT molecular complexity index is 964. The van der Waals surface area contributed by atoms with Crippen molar-refractivity contribution in [1.29, 1.82) is 5.41 Å². The zero-order valence-corrected chi connectivity index (χ0v) is 22.9. The third-order valence-electron chi connectivity index (χ3n) is 7.53. The van der Waals surface area contributed by atoms with Crippen molar-refractivity contribution in [2.75, 3.05) is 26.2 Å². The van der Waals surface area contributed by atoms with E-state index in [2.05, 4.69) is 22.9 Å². The van der Waals surface area contributed by atoms with Crippen LogP contribution in [0.1, 0.15) is 63.9 Å². The second-order valence-electron chi connectivity index (χ2n) is 10.6. The summed E-state index contributed by atoms with van der Waals surface area (Å²) in [6.07, 6.45) is 5.73. The van der Waals surface area contributed by atoms with E-state index >= 15 is 0 Å². The molecule has 1 saturated carbocycles. The van der Waals surface area contributed by atoms with Crippen molar-refractivity contribution in [3.8, 4) is 5.75 Å². The summed E-state index contributed by atoms with van der Waals surface area (Å²) in [6, 6.07) is 7.10. The van der Waals surface area contributed by atoms with E-state index in [1.165, 1.54) is 4.90 Å². The van der Waals surface area contributed by atoms with Crippen molar-refractivity contribution < 1.29 is 24.2 Å². The number of benzene rings is 1. The summed E-state index contributed by atoms with van der Waals surface area (Å²) in [5, 5.41) is 26.3. The number of carbonyl (C=O) groups excluding carboxylic acids is 3. The lowest BCUT2D eigenvalue weighted by Gasteiger charge is -2.38. The van der Waals surface area contributed by atoms with Crippen LogP contribution in [0.5, 0.6) is 5.75 Å². The summed E-state index contributed by atoms with van der Waals surface area (Å²) in [7, 11) is 0. The summed E-state index contributed by atoms with van der Waals surface area (Å²) >= 11 is 0. The number of amides is 3. The first kappa shape index (κ1) is 30.2. The molecule has 216 valence electrons. The van der Waals surface area contributed by atoms with E-state index in [0.717, 1.165) is 37.0 Å². The topological polar surface area (TPSA) is 170 Å². The number of carbonyl (C=O) groups is 3. The van der Waals surface area contributed by atoms with E-state index in [1.807, 2.05) is 24.3 Å². The van der Waals surface area contributed by atoms with Crippen LogP contribution in [0, 0.1) is 17.2 Å². The van der Waals surface area contributed by atoms with Crippen LogP contribution in [-0.4, -0.2) is 72.2 Å². The zero-order valence-electron chi connectivity index (χ0n) is 22.9. The van der Waals surface area contributed by atoms with Gasteiger partial charge in [-0.05, 0) is 68.6 Å². The van der Waals surface area contributed by atoms with Gasteiger partial charge in [0.05, 0.1) is 25.6 Å². The van der Waals surface area contributed by atoms with Gasteiger partial charge in [0.15, 0.2) is 5.96 Å². The van der Waals surface area contributed by atoms with Gasteiger partial charge >= 0.3 is 0 Å². The van der Waals surface area contributed by atoms with Crippen LogP contribution in [-0.2, 0) is 20.8 Å². The lowest BCUT2D eigenvalue weighted by molar-refractivity contribution is -0.130. The molecule has 1 saturated heterocycles. The van der Waals surface area contributed by atoms with Crippen molar-refractivity contribution >= 4 is 23.7 Å². The molecule has 1 aliphatic heterocycles. The Morgan fingerprint density at radius 2 is 1.79 bits per heavy atom. The first-order chi connectivity index (χ1) is 18.8. The molecule has 1 heterocycles. The summed E-state index contributed by atoms with van der Waals surface area (Å²) in [5.74, 6) is 0.206. The van der Waals surface area contributed by atoms with E-state index in [9.17, 15) is 19.5 Å². The first-order valence-electron chi connectivity index (χ1n) is 14.1. The zero-order chi connectivity index (χ0) is 28.2. The molecule has 3 amide bonds. The quantitative estimate of drug-likeness (QED) is 0.131. The van der Waals surface area contributed by atoms with Gasteiger partial charge in [0.2, 0.25) is 17.7 Å². The van der Waals surface area contributed by atoms with Crippen LogP contribution < -0.4 is 26.4 Å². The van der Waals surface area contributed by atoms with Gasteiger partial charge < -0.3 is 36.4 Å². The molecule has 11 nitrogen and oxygen atoms in total. The number of ether oxygens (including phenoxy) is 1. The second-order valence-corrected chi connectivity index (χ2v) is 10.6. The minimum absolute atomic E-state index is 0.0185. The number of unbranched alkanes of at least 4 members (excludes halogenated alkanes) is 1. The molecular formula is C28H44N6O5. The minimum atomic E-state index is -1.05. The van der Waals surface area contributed by atoms with Gasteiger partial charge in [-0.2, -0.15) is 0 Å². The molecule has 0 aromatic heterocycles. The van der Waals surface area contributed by atoms with Gasteiger partial charge in [-0.1, -0.05) is 25.5 Å². The Balaban J connectivity index is 1.30. The minimum Gasteiger partial charge on any atom is -0.494 e. The lowest BCUT2D eigenvalue weighted by atomic mass is 9.81. The molecule has 1 aromatic carbocycles. The Labute approximate surface area is 230 Å². The van der Waals surface area contributed by atoms with Gasteiger partial charge in [0.1, 0.15) is 12.0 Å². The standard InChI is InChI=1S/C28H44N6O5/c1-2-3-15-39-22-12-8-19(9-13-22)16-24(35)31-17-20-6-10-21(11-7-20)26(37)32-18-25(36)33-23-5-4-14-34(27(23)38)28(29)30/h8-9,12-13,20-21,23,27,38H,2-7,10-11,14-18H2,1H3,(H3,29,30)(H,31,35)(H,32,37)(H,33,36)/t20?,21?,23-,27?/m0/s1. The van der Waals surface area contributed by atoms with Gasteiger partial charge in [-0.3, -0.25) is 19.8 Å². The molecule has 0 bridgehead atoms. The van der Waals surface area contributed by atoms with E-state index in [-0.39, 0.29) is 36.1 Å². The molecule has 0 radical (unpaired) electrons. The number of likely N-dealkylation sites (tertiary alicyclic amines) is 1. The molecule has 1 aliphatic carbocycles. The molecule has 1 aromatic rings. The number of guanidine groups is 1. The number of aliphatic hydroxyl groups excluding tert-OH is 1. The number of piperidine rings is 1. The third-order valence-corrected chi connectivity index (χ3v) is 7.53. The van der Waals surface area contributed by atoms with Crippen LogP contribution in [0.2, 0.25) is 0 Å². The highest BCUT2D eigenvalue weighted by molar-refractivity contribution is 5.86. The maximum atomic E-state index is 12.6. The highest BCUT2D eigenvalue weighted by Crippen LogP contribution is 2.28. The molecular weight excluding hydrogens is 500 g/mol. The Morgan fingerprint density at radius 3 is 2.46 bits per heavy atom. The van der Waals surface area contributed by atoms with Gasteiger partial charge in [-0.15, -0.1) is 0 Å². The lowest BCUT2D eigenvalue weighted by Crippen LogP contribution is -2.59. The molecule has 0 spiro atoms. The summed E-state index contributed by atoms with van der Waals surface area (Å²) in [6.45, 7) is 3.71. The van der Waals surface area contributed by atoms with Crippen molar-refractivity contribution in [3.63, 3.8) is 0 Å². The Hall–Kier alpha value is -3.34. The highest BCUT2D eigenvalue weighted by Gasteiger charge is 2.32. The van der Waals surface area contributed by atoms with Crippen molar-refractivity contribution in [1.82, 2.24) is 20.9 Å². The maximum Gasteiger partial charge on any atom is 0.239 e. The van der Waals surface area contributed by atoms with Crippen LogP contribution in [0.4, 0.5) is 0 Å². The van der Waals surface area contributed by atoms with E-state index in [0.29, 0.717) is 57.7 Å². The first-order valence-corrected chi connectivity index (χ1v) is 14.1. The number of aliphatic hydroxyl groups is 1. The van der Waals surface area contributed by atoms with E-state index < -0.39 is 12.3 Å². The predicted octanol–water partition coefficient (Wildman–Crippen LogP) is 1.24.